The largest absolute Gasteiger partial charge is 0.493 e. The Morgan fingerprint density at radius 2 is 1.50 bits per heavy atom. The summed E-state index contributed by atoms with van der Waals surface area (Å²) in [6, 6.07) is 16.8. The average Bonchev–Trinajstić information content (AvgIpc) is 2.93. The van der Waals surface area contributed by atoms with Crippen LogP contribution in [0.15, 0.2) is 80.5 Å². The van der Waals surface area contributed by atoms with Crippen LogP contribution in [-0.4, -0.2) is 22.6 Å². The van der Waals surface area contributed by atoms with Gasteiger partial charge in [-0.2, -0.15) is 0 Å². The maximum Gasteiger partial charge on any atom is 0.423 e. The number of methoxy groups -OCH3 is 1. The molecule has 208 valence electrons. The highest BCUT2D eigenvalue weighted by molar-refractivity contribution is 5.88. The lowest BCUT2D eigenvalue weighted by Crippen LogP contribution is -2.42. The molecular weight excluding hydrogens is 506 g/mol. The lowest BCUT2D eigenvalue weighted by molar-refractivity contribution is -0.123. The Balaban J connectivity index is 1.80. The minimum Gasteiger partial charge on any atom is -0.493 e. The molecule has 0 spiro atoms. The van der Waals surface area contributed by atoms with E-state index in [2.05, 4.69) is 62.3 Å². The summed E-state index contributed by atoms with van der Waals surface area (Å²) in [5.41, 5.74) is 4.82. The van der Waals surface area contributed by atoms with E-state index in [1.807, 2.05) is 31.2 Å². The molecule has 1 N–H and O–H groups in total. The summed E-state index contributed by atoms with van der Waals surface area (Å²) in [4.78, 5) is 43.6. The first-order chi connectivity index (χ1) is 19.0. The monoisotopic (exact) mass is 541 g/mol. The molecule has 0 fully saturated rings. The molecule has 0 saturated heterocycles. The summed E-state index contributed by atoms with van der Waals surface area (Å²) >= 11 is 0. The van der Waals surface area contributed by atoms with Crippen LogP contribution in [0.5, 0.6) is 5.75 Å². The van der Waals surface area contributed by atoms with Crippen LogP contribution in [0.25, 0.3) is 16.7 Å². The smallest absolute Gasteiger partial charge is 0.423 e. The minimum atomic E-state index is -1.17. The van der Waals surface area contributed by atoms with Crippen molar-refractivity contribution in [1.82, 2.24) is 14.9 Å². The van der Waals surface area contributed by atoms with Crippen LogP contribution in [0.1, 0.15) is 81.7 Å². The number of carbonyl (C=O) groups is 1. The van der Waals surface area contributed by atoms with Gasteiger partial charge in [0.15, 0.2) is 11.3 Å². The van der Waals surface area contributed by atoms with Gasteiger partial charge < -0.3 is 14.5 Å². The van der Waals surface area contributed by atoms with E-state index in [4.69, 9.17) is 9.15 Å². The van der Waals surface area contributed by atoms with Crippen molar-refractivity contribution in [1.29, 1.82) is 0 Å². The minimum absolute atomic E-state index is 0.0581. The lowest BCUT2D eigenvalue weighted by Gasteiger charge is -2.19. The molecule has 2 aromatic heterocycles. The van der Waals surface area contributed by atoms with Crippen molar-refractivity contribution in [2.45, 2.75) is 59.4 Å². The van der Waals surface area contributed by atoms with Crippen molar-refractivity contribution >= 4 is 22.6 Å². The van der Waals surface area contributed by atoms with Gasteiger partial charge in [0.1, 0.15) is 6.04 Å². The van der Waals surface area contributed by atoms with Gasteiger partial charge in [0, 0.05) is 23.5 Å². The Morgan fingerprint density at radius 1 is 0.925 bits per heavy atom. The summed E-state index contributed by atoms with van der Waals surface area (Å²) in [6.45, 7) is 11.8. The Morgan fingerprint density at radius 3 is 2.02 bits per heavy atom. The van der Waals surface area contributed by atoms with Gasteiger partial charge in [-0.25, -0.2) is 14.3 Å². The highest BCUT2D eigenvalue weighted by atomic mass is 16.5. The van der Waals surface area contributed by atoms with Gasteiger partial charge in [0.05, 0.1) is 7.11 Å². The zero-order valence-corrected chi connectivity index (χ0v) is 23.9. The van der Waals surface area contributed by atoms with Gasteiger partial charge in [-0.15, -0.1) is 0 Å². The number of benzene rings is 2. The third-order valence-electron chi connectivity index (χ3n) is 7.03. The van der Waals surface area contributed by atoms with Crippen LogP contribution in [0.3, 0.4) is 0 Å². The number of rotatable bonds is 8. The number of nitrogens with one attached hydrogen (secondary N) is 1. The fourth-order valence-electron chi connectivity index (χ4n) is 4.68. The Bertz CT molecular complexity index is 1660. The van der Waals surface area contributed by atoms with Crippen molar-refractivity contribution in [3.63, 3.8) is 0 Å². The van der Waals surface area contributed by atoms with Crippen LogP contribution >= 0.6 is 0 Å². The fraction of sp³-hybridized carbons (Fsp3) is 0.312. The highest BCUT2D eigenvalue weighted by Gasteiger charge is 2.24. The predicted molar refractivity (Wildman–Crippen MR) is 157 cm³/mol. The number of pyridine rings is 1. The first-order valence-electron chi connectivity index (χ1n) is 13.3. The molecule has 4 aromatic rings. The molecule has 0 radical (unpaired) electrons. The molecule has 4 rings (SSSR count). The van der Waals surface area contributed by atoms with E-state index in [1.54, 1.807) is 0 Å². The van der Waals surface area contributed by atoms with E-state index in [0.29, 0.717) is 17.5 Å². The van der Waals surface area contributed by atoms with E-state index < -0.39 is 23.3 Å². The van der Waals surface area contributed by atoms with Crippen molar-refractivity contribution in [3.05, 3.63) is 110 Å². The highest BCUT2D eigenvalue weighted by Crippen LogP contribution is 2.30. The molecule has 2 heterocycles. The molecule has 0 aliphatic carbocycles. The number of fused-ring (bicyclic) bond motifs is 1. The van der Waals surface area contributed by atoms with Crippen molar-refractivity contribution in [2.75, 3.05) is 7.11 Å². The number of amides is 1. The summed E-state index contributed by atoms with van der Waals surface area (Å²) in [5, 5.41) is 2.95. The molecule has 0 bridgehead atoms. The van der Waals surface area contributed by atoms with Gasteiger partial charge in [0.2, 0.25) is 11.5 Å². The molecule has 0 aliphatic heterocycles. The third kappa shape index (κ3) is 5.61. The second-order valence-corrected chi connectivity index (χ2v) is 10.5. The summed E-state index contributed by atoms with van der Waals surface area (Å²) in [5.74, 6) is -0.651. The molecule has 0 unspecified atom stereocenters. The second kappa shape index (κ2) is 11.7. The van der Waals surface area contributed by atoms with E-state index >= 15 is 0 Å². The van der Waals surface area contributed by atoms with Crippen molar-refractivity contribution in [2.24, 2.45) is 0 Å². The van der Waals surface area contributed by atoms with Crippen LogP contribution in [0.2, 0.25) is 0 Å². The molecule has 0 saturated carbocycles. The molecule has 40 heavy (non-hydrogen) atoms. The molecule has 1 amide bonds. The number of allylic oxidation sites excluding steroid dienone is 1. The summed E-state index contributed by atoms with van der Waals surface area (Å²) in [6.07, 6.45) is 1.38. The standard InChI is InChI=1S/C32H35N3O5/c1-18(2)22-10-8-12-24(16-22)27(25-13-9-11-23(17-25)19(3)4)20(5)34-30(36)21(6)35-31(37)28-29(40-32(35)38)26(39-7)14-15-33-28/h8-19,21H,1-7H3,(H,34,36)/t21-/m0/s1. The normalized spacial score (nSPS) is 12.0. The number of carbonyl (C=O) groups excluding carboxylic acids is 1. The molecule has 8 nitrogen and oxygen atoms in total. The van der Waals surface area contributed by atoms with E-state index in [-0.39, 0.29) is 16.8 Å². The van der Waals surface area contributed by atoms with Gasteiger partial charge in [-0.05, 0) is 47.9 Å². The molecule has 2 aromatic carbocycles. The van der Waals surface area contributed by atoms with Crippen LogP contribution in [0, 0.1) is 0 Å². The lowest BCUT2D eigenvalue weighted by atomic mass is 9.90. The molecular formula is C32H35N3O5. The van der Waals surface area contributed by atoms with Gasteiger partial charge in [-0.3, -0.25) is 9.59 Å². The van der Waals surface area contributed by atoms with Crippen LogP contribution < -0.4 is 21.4 Å². The zero-order valence-electron chi connectivity index (χ0n) is 23.9. The summed E-state index contributed by atoms with van der Waals surface area (Å²) in [7, 11) is 1.40. The quantitative estimate of drug-likeness (QED) is 0.304. The summed E-state index contributed by atoms with van der Waals surface area (Å²) < 4.78 is 11.3. The maximum atomic E-state index is 13.5. The van der Waals surface area contributed by atoms with E-state index in [1.165, 1.54) is 37.4 Å². The van der Waals surface area contributed by atoms with Gasteiger partial charge >= 0.3 is 5.76 Å². The number of nitrogens with zero attached hydrogens (tertiary/aromatic N) is 2. The molecule has 1 atom stereocenters. The Hall–Kier alpha value is -4.46. The number of ether oxygens (including phenoxy) is 1. The fourth-order valence-corrected chi connectivity index (χ4v) is 4.68. The van der Waals surface area contributed by atoms with Crippen LogP contribution in [-0.2, 0) is 4.79 Å². The van der Waals surface area contributed by atoms with Gasteiger partial charge in [0.25, 0.3) is 5.56 Å². The zero-order chi connectivity index (χ0) is 29.1. The van der Waals surface area contributed by atoms with Crippen molar-refractivity contribution in [3.8, 4) is 5.75 Å². The maximum absolute atomic E-state index is 13.5. The Kier molecular flexibility index (Phi) is 8.38. The Labute approximate surface area is 233 Å². The number of hydrogen-bond acceptors (Lipinski definition) is 6. The number of aromatic nitrogens is 2. The first kappa shape index (κ1) is 28.5. The van der Waals surface area contributed by atoms with E-state index in [9.17, 15) is 14.4 Å². The average molecular weight is 542 g/mol. The third-order valence-corrected chi connectivity index (χ3v) is 7.03. The van der Waals surface area contributed by atoms with Crippen molar-refractivity contribution < 1.29 is 13.9 Å². The predicted octanol–water partition coefficient (Wildman–Crippen LogP) is 5.76. The first-order valence-corrected chi connectivity index (χ1v) is 13.3. The molecule has 0 aliphatic rings. The van der Waals surface area contributed by atoms with E-state index in [0.717, 1.165) is 21.3 Å². The number of hydrogen-bond donors (Lipinski definition) is 1. The SMILES string of the molecule is COc1ccnc2c(=O)n([C@@H](C)C(=O)NC(C)=C(c3cccc(C(C)C)c3)c3cccc(C(C)C)c3)c(=O)oc12. The van der Waals surface area contributed by atoms with Crippen LogP contribution in [0.4, 0.5) is 0 Å². The topological polar surface area (TPSA) is 103 Å². The second-order valence-electron chi connectivity index (χ2n) is 10.5. The molecule has 8 heteroatoms. The van der Waals surface area contributed by atoms with Gasteiger partial charge in [-0.1, -0.05) is 76.2 Å².